The number of benzene rings is 1. The molecule has 0 saturated carbocycles. The quantitative estimate of drug-likeness (QED) is 0.834. The molecule has 4 heteroatoms. The van der Waals surface area contributed by atoms with Gasteiger partial charge in [0.2, 0.25) is 0 Å². The van der Waals surface area contributed by atoms with E-state index in [9.17, 15) is 4.79 Å². The molecule has 0 spiro atoms. The zero-order valence-corrected chi connectivity index (χ0v) is 12.3. The minimum Gasteiger partial charge on any atom is -0.464 e. The first kappa shape index (κ1) is 15.0. The Morgan fingerprint density at radius 1 is 1.45 bits per heavy atom. The fraction of sp³-hybridized carbons (Fsp3) is 0.562. The number of hydrogen-bond acceptors (Lipinski definition) is 4. The van der Waals surface area contributed by atoms with Crippen LogP contribution >= 0.6 is 0 Å². The first-order chi connectivity index (χ1) is 9.58. The summed E-state index contributed by atoms with van der Waals surface area (Å²) in [4.78, 5) is 14.7. The van der Waals surface area contributed by atoms with Gasteiger partial charge in [0.15, 0.2) is 5.54 Å². The van der Waals surface area contributed by atoms with E-state index < -0.39 is 5.54 Å². The van der Waals surface area contributed by atoms with Gasteiger partial charge >= 0.3 is 5.97 Å². The van der Waals surface area contributed by atoms with E-state index in [0.717, 1.165) is 24.9 Å². The summed E-state index contributed by atoms with van der Waals surface area (Å²) in [5.74, 6) is -0.342. The number of ether oxygens (including phenoxy) is 1. The van der Waals surface area contributed by atoms with Crippen LogP contribution in [0, 0.1) is 0 Å². The molecule has 1 aliphatic rings. The number of rotatable bonds is 5. The lowest BCUT2D eigenvalue weighted by Gasteiger charge is -2.33. The predicted octanol–water partition coefficient (Wildman–Crippen LogP) is 1.89. The van der Waals surface area contributed by atoms with E-state index in [1.807, 2.05) is 37.3 Å². The SMILES string of the molecule is CCOC(=O)C(N)(CN1CCCC1C)c1ccccc1. The maximum Gasteiger partial charge on any atom is 0.332 e. The molecule has 1 aromatic rings. The molecule has 20 heavy (non-hydrogen) atoms. The van der Waals surface area contributed by atoms with Gasteiger partial charge in [-0.1, -0.05) is 30.3 Å². The highest BCUT2D eigenvalue weighted by atomic mass is 16.5. The first-order valence-electron chi connectivity index (χ1n) is 7.33. The Balaban J connectivity index is 2.26. The standard InChI is InChI=1S/C16H24N2O2/c1-3-20-15(19)16(17,14-9-5-4-6-10-14)12-18-11-7-8-13(18)2/h4-6,9-10,13H,3,7-8,11-12,17H2,1-2H3. The molecule has 110 valence electrons. The summed E-state index contributed by atoms with van der Waals surface area (Å²) in [7, 11) is 0. The van der Waals surface area contributed by atoms with Crippen LogP contribution in [0.4, 0.5) is 0 Å². The van der Waals surface area contributed by atoms with Gasteiger partial charge in [0.1, 0.15) is 0 Å². The molecular weight excluding hydrogens is 252 g/mol. The van der Waals surface area contributed by atoms with Crippen LogP contribution in [0.3, 0.4) is 0 Å². The van der Waals surface area contributed by atoms with Crippen molar-refractivity contribution >= 4 is 5.97 Å². The third kappa shape index (κ3) is 3.02. The van der Waals surface area contributed by atoms with Crippen LogP contribution < -0.4 is 5.73 Å². The maximum atomic E-state index is 12.4. The van der Waals surface area contributed by atoms with Crippen LogP contribution in [0.5, 0.6) is 0 Å². The van der Waals surface area contributed by atoms with Crippen LogP contribution in [0.15, 0.2) is 30.3 Å². The van der Waals surface area contributed by atoms with E-state index >= 15 is 0 Å². The molecule has 0 amide bonds. The van der Waals surface area contributed by atoms with Crippen LogP contribution in [-0.4, -0.2) is 36.6 Å². The largest absolute Gasteiger partial charge is 0.464 e. The van der Waals surface area contributed by atoms with Gasteiger partial charge in [0.25, 0.3) is 0 Å². The summed E-state index contributed by atoms with van der Waals surface area (Å²) >= 11 is 0. The van der Waals surface area contributed by atoms with Crippen LogP contribution in [0.1, 0.15) is 32.3 Å². The van der Waals surface area contributed by atoms with E-state index in [1.165, 1.54) is 0 Å². The smallest absolute Gasteiger partial charge is 0.332 e. The first-order valence-corrected chi connectivity index (χ1v) is 7.33. The fourth-order valence-electron chi connectivity index (χ4n) is 2.82. The van der Waals surface area contributed by atoms with Gasteiger partial charge in [-0.05, 0) is 38.8 Å². The van der Waals surface area contributed by atoms with Gasteiger partial charge in [-0.15, -0.1) is 0 Å². The lowest BCUT2D eigenvalue weighted by Crippen LogP contribution is -2.54. The number of esters is 1. The number of likely N-dealkylation sites (tertiary alicyclic amines) is 1. The van der Waals surface area contributed by atoms with Gasteiger partial charge in [-0.3, -0.25) is 4.90 Å². The second kappa shape index (κ2) is 6.37. The Hall–Kier alpha value is -1.39. The third-order valence-electron chi connectivity index (χ3n) is 4.07. The number of hydrogen-bond donors (Lipinski definition) is 1. The monoisotopic (exact) mass is 276 g/mol. The predicted molar refractivity (Wildman–Crippen MR) is 79.2 cm³/mol. The van der Waals surface area contributed by atoms with Crippen molar-refractivity contribution in [3.8, 4) is 0 Å². The number of nitrogens with zero attached hydrogens (tertiary/aromatic N) is 1. The zero-order valence-electron chi connectivity index (χ0n) is 12.3. The minimum atomic E-state index is -1.09. The molecule has 1 aliphatic heterocycles. The summed E-state index contributed by atoms with van der Waals surface area (Å²) in [6, 6.07) is 10.0. The van der Waals surface area contributed by atoms with Crippen LogP contribution in [-0.2, 0) is 15.1 Å². The Morgan fingerprint density at radius 2 is 2.15 bits per heavy atom. The van der Waals surface area contributed by atoms with Gasteiger partial charge < -0.3 is 10.5 Å². The molecule has 0 radical (unpaired) electrons. The molecule has 1 fully saturated rings. The fourth-order valence-corrected chi connectivity index (χ4v) is 2.82. The second-order valence-electron chi connectivity index (χ2n) is 5.52. The lowest BCUT2D eigenvalue weighted by atomic mass is 9.90. The third-order valence-corrected chi connectivity index (χ3v) is 4.07. The van der Waals surface area contributed by atoms with Crippen molar-refractivity contribution in [3.05, 3.63) is 35.9 Å². The highest BCUT2D eigenvalue weighted by molar-refractivity contribution is 5.82. The Bertz CT molecular complexity index is 449. The molecule has 1 heterocycles. The van der Waals surface area contributed by atoms with E-state index in [0.29, 0.717) is 19.2 Å². The average Bonchev–Trinajstić information content (AvgIpc) is 2.85. The molecule has 2 N–H and O–H groups in total. The molecule has 0 bridgehead atoms. The number of carbonyl (C=O) groups excluding carboxylic acids is 1. The molecular formula is C16H24N2O2. The molecule has 4 nitrogen and oxygen atoms in total. The maximum absolute atomic E-state index is 12.4. The molecule has 1 aromatic carbocycles. The van der Waals surface area contributed by atoms with Gasteiger partial charge in [-0.25, -0.2) is 4.79 Å². The molecule has 2 unspecified atom stereocenters. The van der Waals surface area contributed by atoms with E-state index in [-0.39, 0.29) is 5.97 Å². The Labute approximate surface area is 120 Å². The highest BCUT2D eigenvalue weighted by Crippen LogP contribution is 2.26. The molecule has 0 aromatic heterocycles. The van der Waals surface area contributed by atoms with Crippen LogP contribution in [0.2, 0.25) is 0 Å². The summed E-state index contributed by atoms with van der Waals surface area (Å²) in [6.07, 6.45) is 2.32. The van der Waals surface area contributed by atoms with Crippen molar-refractivity contribution in [3.63, 3.8) is 0 Å². The Kier molecular flexibility index (Phi) is 4.78. The van der Waals surface area contributed by atoms with Crippen molar-refractivity contribution in [1.29, 1.82) is 0 Å². The van der Waals surface area contributed by atoms with Crippen molar-refractivity contribution in [2.75, 3.05) is 19.7 Å². The topological polar surface area (TPSA) is 55.6 Å². The van der Waals surface area contributed by atoms with Crippen molar-refractivity contribution in [2.24, 2.45) is 5.73 Å². The van der Waals surface area contributed by atoms with Crippen molar-refractivity contribution in [2.45, 2.75) is 38.3 Å². The average molecular weight is 276 g/mol. The van der Waals surface area contributed by atoms with Gasteiger partial charge in [-0.2, -0.15) is 0 Å². The zero-order chi connectivity index (χ0) is 14.6. The van der Waals surface area contributed by atoms with Crippen molar-refractivity contribution in [1.82, 2.24) is 4.90 Å². The number of nitrogens with two attached hydrogens (primary N) is 1. The normalized spacial score (nSPS) is 22.4. The van der Waals surface area contributed by atoms with Gasteiger partial charge in [0.05, 0.1) is 6.61 Å². The molecule has 2 atom stereocenters. The van der Waals surface area contributed by atoms with Gasteiger partial charge in [0, 0.05) is 12.6 Å². The minimum absolute atomic E-state index is 0.342. The summed E-state index contributed by atoms with van der Waals surface area (Å²) in [5.41, 5.74) is 6.20. The summed E-state index contributed by atoms with van der Waals surface area (Å²) in [6.45, 7) is 5.84. The molecule has 1 saturated heterocycles. The van der Waals surface area contributed by atoms with E-state index in [2.05, 4.69) is 11.8 Å². The van der Waals surface area contributed by atoms with E-state index in [4.69, 9.17) is 10.5 Å². The molecule has 2 rings (SSSR count). The summed E-state index contributed by atoms with van der Waals surface area (Å²) < 4.78 is 5.22. The second-order valence-corrected chi connectivity index (χ2v) is 5.52. The van der Waals surface area contributed by atoms with E-state index in [1.54, 1.807) is 0 Å². The number of carbonyl (C=O) groups is 1. The highest BCUT2D eigenvalue weighted by Gasteiger charge is 2.41. The molecule has 0 aliphatic carbocycles. The lowest BCUT2D eigenvalue weighted by molar-refractivity contribution is -0.151. The van der Waals surface area contributed by atoms with Crippen molar-refractivity contribution < 1.29 is 9.53 Å². The Morgan fingerprint density at radius 3 is 2.70 bits per heavy atom. The van der Waals surface area contributed by atoms with Crippen LogP contribution in [0.25, 0.3) is 0 Å². The summed E-state index contributed by atoms with van der Waals surface area (Å²) in [5, 5.41) is 0.